The zero-order chi connectivity index (χ0) is 18.8. The summed E-state index contributed by atoms with van der Waals surface area (Å²) in [5.74, 6) is 0.687. The van der Waals surface area contributed by atoms with E-state index < -0.39 is 0 Å². The molecular formula is C24H36N2. The highest BCUT2D eigenvalue weighted by atomic mass is 14.9. The van der Waals surface area contributed by atoms with Crippen molar-refractivity contribution < 1.29 is 0 Å². The van der Waals surface area contributed by atoms with Gasteiger partial charge in [-0.1, -0.05) is 67.8 Å². The molecule has 0 aliphatic rings. The van der Waals surface area contributed by atoms with E-state index in [1.807, 2.05) is 0 Å². The van der Waals surface area contributed by atoms with Gasteiger partial charge in [-0.15, -0.1) is 0 Å². The molecule has 2 N–H and O–H groups in total. The van der Waals surface area contributed by atoms with Crippen LogP contribution in [0, 0.1) is 26.7 Å². The van der Waals surface area contributed by atoms with E-state index in [9.17, 15) is 0 Å². The van der Waals surface area contributed by atoms with Gasteiger partial charge in [0, 0.05) is 13.1 Å². The molecule has 0 fully saturated rings. The number of unbranched alkanes of at least 4 members (excludes halogenated alkanes) is 1. The summed E-state index contributed by atoms with van der Waals surface area (Å²) in [6.07, 6.45) is 3.87. The van der Waals surface area contributed by atoms with Crippen molar-refractivity contribution in [3.63, 3.8) is 0 Å². The Hall–Kier alpha value is -1.64. The standard InChI is InChI=1S/C24H36N2/c1-5-6-7-24(17-25-15-22-11-8-19(2)9-12-22)18-26-16-23-13-10-20(3)21(4)14-23/h8-14,24-26H,5-7,15-18H2,1-4H3. The number of aryl methyl sites for hydroxylation is 3. The Labute approximate surface area is 160 Å². The molecule has 142 valence electrons. The molecular weight excluding hydrogens is 316 g/mol. The largest absolute Gasteiger partial charge is 0.312 e. The van der Waals surface area contributed by atoms with E-state index in [4.69, 9.17) is 0 Å². The lowest BCUT2D eigenvalue weighted by Crippen LogP contribution is -2.31. The van der Waals surface area contributed by atoms with E-state index >= 15 is 0 Å². The zero-order valence-corrected chi connectivity index (χ0v) is 17.1. The maximum atomic E-state index is 3.67. The Morgan fingerprint density at radius 3 is 2.00 bits per heavy atom. The van der Waals surface area contributed by atoms with E-state index in [1.54, 1.807) is 0 Å². The number of hydrogen-bond acceptors (Lipinski definition) is 2. The van der Waals surface area contributed by atoms with Crippen LogP contribution in [-0.2, 0) is 13.1 Å². The van der Waals surface area contributed by atoms with Gasteiger partial charge in [-0.05, 0) is 68.5 Å². The molecule has 0 amide bonds. The molecule has 1 atom stereocenters. The minimum atomic E-state index is 0.687. The van der Waals surface area contributed by atoms with Crippen LogP contribution in [0.4, 0.5) is 0 Å². The van der Waals surface area contributed by atoms with Crippen molar-refractivity contribution in [1.82, 2.24) is 10.6 Å². The average molecular weight is 353 g/mol. The predicted octanol–water partition coefficient (Wildman–Crippen LogP) is 5.30. The van der Waals surface area contributed by atoms with E-state index in [0.717, 1.165) is 26.2 Å². The average Bonchev–Trinajstić information content (AvgIpc) is 2.64. The molecule has 26 heavy (non-hydrogen) atoms. The first-order valence-corrected chi connectivity index (χ1v) is 10.1. The van der Waals surface area contributed by atoms with Crippen LogP contribution in [0.5, 0.6) is 0 Å². The smallest absolute Gasteiger partial charge is 0.0205 e. The lowest BCUT2D eigenvalue weighted by atomic mass is 10.0. The van der Waals surface area contributed by atoms with Crippen molar-refractivity contribution in [3.05, 3.63) is 70.3 Å². The van der Waals surface area contributed by atoms with Gasteiger partial charge in [-0.2, -0.15) is 0 Å². The molecule has 2 heteroatoms. The number of benzene rings is 2. The Kier molecular flexibility index (Phi) is 8.87. The quantitative estimate of drug-likeness (QED) is 0.573. The van der Waals surface area contributed by atoms with Gasteiger partial charge in [0.05, 0.1) is 0 Å². The first kappa shape index (κ1) is 20.7. The molecule has 0 saturated carbocycles. The third kappa shape index (κ3) is 7.31. The van der Waals surface area contributed by atoms with Crippen molar-refractivity contribution in [3.8, 4) is 0 Å². The summed E-state index contributed by atoms with van der Waals surface area (Å²) in [4.78, 5) is 0. The molecule has 1 unspecified atom stereocenters. The molecule has 2 aromatic rings. The highest BCUT2D eigenvalue weighted by Gasteiger charge is 2.08. The van der Waals surface area contributed by atoms with Crippen LogP contribution < -0.4 is 10.6 Å². The van der Waals surface area contributed by atoms with Crippen LogP contribution in [0.3, 0.4) is 0 Å². The Morgan fingerprint density at radius 1 is 0.769 bits per heavy atom. The summed E-state index contributed by atoms with van der Waals surface area (Å²) < 4.78 is 0. The Balaban J connectivity index is 1.76. The topological polar surface area (TPSA) is 24.1 Å². The van der Waals surface area contributed by atoms with Gasteiger partial charge in [0.2, 0.25) is 0 Å². The van der Waals surface area contributed by atoms with Crippen LogP contribution in [0.1, 0.15) is 54.0 Å². The van der Waals surface area contributed by atoms with Gasteiger partial charge in [-0.3, -0.25) is 0 Å². The minimum absolute atomic E-state index is 0.687. The van der Waals surface area contributed by atoms with E-state index in [2.05, 4.69) is 80.8 Å². The molecule has 0 heterocycles. The maximum Gasteiger partial charge on any atom is 0.0205 e. The van der Waals surface area contributed by atoms with Crippen molar-refractivity contribution in [2.24, 2.45) is 5.92 Å². The molecule has 0 radical (unpaired) electrons. The van der Waals surface area contributed by atoms with Gasteiger partial charge in [0.15, 0.2) is 0 Å². The van der Waals surface area contributed by atoms with Crippen LogP contribution in [-0.4, -0.2) is 13.1 Å². The lowest BCUT2D eigenvalue weighted by Gasteiger charge is -2.19. The fourth-order valence-electron chi connectivity index (χ4n) is 3.23. The van der Waals surface area contributed by atoms with Gasteiger partial charge < -0.3 is 10.6 Å². The SMILES string of the molecule is CCCCC(CNCc1ccc(C)cc1)CNCc1ccc(C)c(C)c1. The van der Waals surface area contributed by atoms with Crippen LogP contribution in [0.15, 0.2) is 42.5 Å². The molecule has 0 aromatic heterocycles. The lowest BCUT2D eigenvalue weighted by molar-refractivity contribution is 0.404. The molecule has 0 spiro atoms. The Bertz CT molecular complexity index is 646. The summed E-state index contributed by atoms with van der Waals surface area (Å²) >= 11 is 0. The molecule has 2 aromatic carbocycles. The monoisotopic (exact) mass is 352 g/mol. The van der Waals surface area contributed by atoms with Gasteiger partial charge in [0.25, 0.3) is 0 Å². The van der Waals surface area contributed by atoms with Gasteiger partial charge >= 0.3 is 0 Å². The van der Waals surface area contributed by atoms with Gasteiger partial charge in [0.1, 0.15) is 0 Å². The van der Waals surface area contributed by atoms with Crippen molar-refractivity contribution in [1.29, 1.82) is 0 Å². The summed E-state index contributed by atoms with van der Waals surface area (Å²) in [5.41, 5.74) is 6.83. The highest BCUT2D eigenvalue weighted by molar-refractivity contribution is 5.29. The third-order valence-corrected chi connectivity index (χ3v) is 5.18. The molecule has 0 bridgehead atoms. The van der Waals surface area contributed by atoms with Crippen LogP contribution >= 0.6 is 0 Å². The van der Waals surface area contributed by atoms with Gasteiger partial charge in [-0.25, -0.2) is 0 Å². The second-order valence-electron chi connectivity index (χ2n) is 7.67. The maximum absolute atomic E-state index is 3.67. The zero-order valence-electron chi connectivity index (χ0n) is 17.1. The van der Waals surface area contributed by atoms with Crippen molar-refractivity contribution in [2.75, 3.05) is 13.1 Å². The molecule has 0 aliphatic carbocycles. The van der Waals surface area contributed by atoms with Crippen LogP contribution in [0.2, 0.25) is 0 Å². The number of rotatable bonds is 11. The minimum Gasteiger partial charge on any atom is -0.312 e. The fraction of sp³-hybridized carbons (Fsp3) is 0.500. The first-order valence-electron chi connectivity index (χ1n) is 10.1. The first-order chi connectivity index (χ1) is 12.6. The second kappa shape index (κ2) is 11.2. The number of hydrogen-bond donors (Lipinski definition) is 2. The van der Waals surface area contributed by atoms with Crippen LogP contribution in [0.25, 0.3) is 0 Å². The molecule has 0 saturated heterocycles. The van der Waals surface area contributed by atoms with E-state index in [1.165, 1.54) is 47.1 Å². The number of nitrogens with one attached hydrogen (secondary N) is 2. The molecule has 2 nitrogen and oxygen atoms in total. The second-order valence-corrected chi connectivity index (χ2v) is 7.67. The summed E-state index contributed by atoms with van der Waals surface area (Å²) in [5, 5.41) is 7.33. The van der Waals surface area contributed by atoms with Crippen molar-refractivity contribution in [2.45, 2.75) is 60.0 Å². The van der Waals surface area contributed by atoms with E-state index in [0.29, 0.717) is 5.92 Å². The Morgan fingerprint density at radius 2 is 1.38 bits per heavy atom. The van der Waals surface area contributed by atoms with Crippen molar-refractivity contribution >= 4 is 0 Å². The molecule has 0 aliphatic heterocycles. The predicted molar refractivity (Wildman–Crippen MR) is 114 cm³/mol. The highest BCUT2D eigenvalue weighted by Crippen LogP contribution is 2.11. The fourth-order valence-corrected chi connectivity index (χ4v) is 3.23. The summed E-state index contributed by atoms with van der Waals surface area (Å²) in [6.45, 7) is 12.9. The third-order valence-electron chi connectivity index (χ3n) is 5.18. The normalized spacial score (nSPS) is 12.3. The summed E-state index contributed by atoms with van der Waals surface area (Å²) in [6, 6.07) is 15.6. The van der Waals surface area contributed by atoms with E-state index in [-0.39, 0.29) is 0 Å². The molecule has 2 rings (SSSR count). The summed E-state index contributed by atoms with van der Waals surface area (Å²) in [7, 11) is 0.